The van der Waals surface area contributed by atoms with E-state index in [0.717, 1.165) is 19.4 Å². The summed E-state index contributed by atoms with van der Waals surface area (Å²) in [4.78, 5) is 18.4. The minimum absolute atomic E-state index is 0.0410. The Morgan fingerprint density at radius 1 is 1.36 bits per heavy atom. The number of carbonyl (C=O) groups is 1. The fraction of sp³-hybridized carbons (Fsp3) is 0.474. The van der Waals surface area contributed by atoms with Gasteiger partial charge in [0.1, 0.15) is 11.6 Å². The Kier molecular flexibility index (Phi) is 5.16. The molecule has 1 aromatic heterocycles. The van der Waals surface area contributed by atoms with E-state index in [1.807, 2.05) is 4.90 Å². The molecule has 4 nitrogen and oxygen atoms in total. The Labute approximate surface area is 145 Å². The van der Waals surface area contributed by atoms with Gasteiger partial charge < -0.3 is 9.32 Å². The molecule has 0 radical (unpaired) electrons. The number of rotatable bonds is 5. The molecular formula is C19H22F2N2O2. The predicted molar refractivity (Wildman–Crippen MR) is 89.7 cm³/mol. The van der Waals surface area contributed by atoms with Gasteiger partial charge in [-0.25, -0.2) is 13.8 Å². The molecule has 0 aliphatic carbocycles. The van der Waals surface area contributed by atoms with Gasteiger partial charge in [-0.2, -0.15) is 0 Å². The minimum Gasteiger partial charge on any atom is -0.441 e. The third-order valence-electron chi connectivity index (χ3n) is 4.70. The highest BCUT2D eigenvalue weighted by Gasteiger charge is 2.30. The van der Waals surface area contributed by atoms with Crippen LogP contribution in [0.3, 0.4) is 0 Å². The summed E-state index contributed by atoms with van der Waals surface area (Å²) in [5, 5.41) is 0. The van der Waals surface area contributed by atoms with Gasteiger partial charge in [-0.3, -0.25) is 4.79 Å². The first-order valence-electron chi connectivity index (χ1n) is 8.66. The van der Waals surface area contributed by atoms with Crippen molar-refractivity contribution in [3.05, 3.63) is 41.9 Å². The quantitative estimate of drug-likeness (QED) is 0.813. The molecule has 1 aliphatic heterocycles. The zero-order valence-electron chi connectivity index (χ0n) is 14.5. The van der Waals surface area contributed by atoms with Crippen molar-refractivity contribution >= 4 is 5.91 Å². The zero-order valence-corrected chi connectivity index (χ0v) is 14.5. The maximum Gasteiger partial charge on any atom is 0.223 e. The first-order valence-corrected chi connectivity index (χ1v) is 8.66. The minimum atomic E-state index is -0.699. The van der Waals surface area contributed by atoms with Crippen molar-refractivity contribution in [2.45, 2.75) is 45.6 Å². The van der Waals surface area contributed by atoms with Gasteiger partial charge in [-0.1, -0.05) is 19.9 Å². The number of oxazole rings is 1. The van der Waals surface area contributed by atoms with Gasteiger partial charge in [0.25, 0.3) is 0 Å². The molecule has 0 spiro atoms. The largest absolute Gasteiger partial charge is 0.441 e. The molecule has 0 N–H and O–H groups in total. The Hall–Kier alpha value is -2.24. The topological polar surface area (TPSA) is 46.3 Å². The zero-order chi connectivity index (χ0) is 18.0. The number of benzene rings is 1. The lowest BCUT2D eigenvalue weighted by atomic mass is 10.0. The third kappa shape index (κ3) is 3.72. The van der Waals surface area contributed by atoms with E-state index in [2.05, 4.69) is 18.8 Å². The van der Waals surface area contributed by atoms with Crippen molar-refractivity contribution in [2.75, 3.05) is 6.54 Å². The van der Waals surface area contributed by atoms with Gasteiger partial charge in [-0.15, -0.1) is 0 Å². The van der Waals surface area contributed by atoms with Gasteiger partial charge in [0.05, 0.1) is 11.8 Å². The Bertz CT molecular complexity index is 737. The number of likely N-dealkylation sites (tertiary alicyclic amines) is 1. The normalized spacial score (nSPS) is 17.5. The van der Waals surface area contributed by atoms with Crippen LogP contribution in [0.1, 0.15) is 39.0 Å². The first-order chi connectivity index (χ1) is 12.0. The summed E-state index contributed by atoms with van der Waals surface area (Å²) in [5.41, 5.74) is -0.230. The first kappa shape index (κ1) is 17.6. The van der Waals surface area contributed by atoms with Crippen LogP contribution in [0, 0.1) is 17.6 Å². The van der Waals surface area contributed by atoms with E-state index >= 15 is 0 Å². The molecule has 25 heavy (non-hydrogen) atoms. The van der Waals surface area contributed by atoms with E-state index in [-0.39, 0.29) is 23.7 Å². The van der Waals surface area contributed by atoms with Crippen LogP contribution in [0.15, 0.2) is 28.8 Å². The van der Waals surface area contributed by atoms with Crippen LogP contribution >= 0.6 is 0 Å². The predicted octanol–water partition coefficient (Wildman–Crippen LogP) is 4.20. The van der Waals surface area contributed by atoms with E-state index in [4.69, 9.17) is 4.42 Å². The van der Waals surface area contributed by atoms with Gasteiger partial charge >= 0.3 is 0 Å². The number of amides is 1. The maximum atomic E-state index is 13.8. The number of aromatic nitrogens is 1. The number of nitrogens with zero attached hydrogens (tertiary/aromatic N) is 2. The molecule has 2 heterocycles. The lowest BCUT2D eigenvalue weighted by Gasteiger charge is -2.27. The average molecular weight is 348 g/mol. The SMILES string of the molecule is CC(C)[C@H]1CCCN1C(=O)CCc1ncc(-c2c(F)cccc2F)o1. The maximum absolute atomic E-state index is 13.8. The molecule has 6 heteroatoms. The number of carbonyl (C=O) groups excluding carboxylic acids is 1. The molecular weight excluding hydrogens is 326 g/mol. The van der Waals surface area contributed by atoms with Crippen molar-refractivity contribution in [3.8, 4) is 11.3 Å². The van der Waals surface area contributed by atoms with Crippen LogP contribution < -0.4 is 0 Å². The highest BCUT2D eigenvalue weighted by molar-refractivity contribution is 5.77. The van der Waals surface area contributed by atoms with Crippen molar-refractivity contribution in [3.63, 3.8) is 0 Å². The Balaban J connectivity index is 1.65. The summed E-state index contributed by atoms with van der Waals surface area (Å²) in [6.45, 7) is 5.04. The van der Waals surface area contributed by atoms with E-state index in [1.54, 1.807) is 0 Å². The molecule has 1 saturated heterocycles. The summed E-state index contributed by atoms with van der Waals surface area (Å²) < 4.78 is 33.0. The Morgan fingerprint density at radius 3 is 2.76 bits per heavy atom. The molecule has 1 fully saturated rings. The van der Waals surface area contributed by atoms with Crippen LogP contribution in [0.4, 0.5) is 8.78 Å². The molecule has 0 bridgehead atoms. The van der Waals surface area contributed by atoms with Crippen molar-refractivity contribution in [2.24, 2.45) is 5.92 Å². The Morgan fingerprint density at radius 2 is 2.08 bits per heavy atom. The summed E-state index contributed by atoms with van der Waals surface area (Å²) in [7, 11) is 0. The molecule has 0 saturated carbocycles. The summed E-state index contributed by atoms with van der Waals surface area (Å²) in [6, 6.07) is 3.93. The van der Waals surface area contributed by atoms with Gasteiger partial charge in [0.15, 0.2) is 11.7 Å². The van der Waals surface area contributed by atoms with Crippen LogP contribution in [0.5, 0.6) is 0 Å². The van der Waals surface area contributed by atoms with Crippen LogP contribution in [-0.2, 0) is 11.2 Å². The molecule has 0 unspecified atom stereocenters. The third-order valence-corrected chi connectivity index (χ3v) is 4.70. The highest BCUT2D eigenvalue weighted by atomic mass is 19.1. The number of aryl methyl sites for hydroxylation is 1. The molecule has 1 aliphatic rings. The lowest BCUT2D eigenvalue weighted by Crippen LogP contribution is -2.38. The van der Waals surface area contributed by atoms with Crippen LogP contribution in [0.2, 0.25) is 0 Å². The van der Waals surface area contributed by atoms with E-state index in [0.29, 0.717) is 24.3 Å². The van der Waals surface area contributed by atoms with Crippen molar-refractivity contribution in [1.29, 1.82) is 0 Å². The van der Waals surface area contributed by atoms with Crippen LogP contribution in [-0.4, -0.2) is 28.4 Å². The molecule has 1 aromatic carbocycles. The van der Waals surface area contributed by atoms with Gasteiger partial charge in [0.2, 0.25) is 5.91 Å². The van der Waals surface area contributed by atoms with Gasteiger partial charge in [0, 0.05) is 25.4 Å². The molecule has 2 aromatic rings. The van der Waals surface area contributed by atoms with Crippen LogP contribution in [0.25, 0.3) is 11.3 Å². The highest BCUT2D eigenvalue weighted by Crippen LogP contribution is 2.28. The molecule has 134 valence electrons. The molecule has 1 atom stereocenters. The number of hydrogen-bond acceptors (Lipinski definition) is 3. The van der Waals surface area contributed by atoms with E-state index in [9.17, 15) is 13.6 Å². The summed E-state index contributed by atoms with van der Waals surface area (Å²) in [6.07, 6.45) is 3.97. The number of halogens is 2. The fourth-order valence-corrected chi connectivity index (χ4v) is 3.43. The van der Waals surface area contributed by atoms with E-state index < -0.39 is 11.6 Å². The summed E-state index contributed by atoms with van der Waals surface area (Å²) >= 11 is 0. The second-order valence-electron chi connectivity index (χ2n) is 6.76. The average Bonchev–Trinajstić information content (AvgIpc) is 3.22. The molecule has 3 rings (SSSR count). The van der Waals surface area contributed by atoms with Gasteiger partial charge in [-0.05, 0) is 30.9 Å². The van der Waals surface area contributed by atoms with E-state index in [1.165, 1.54) is 24.4 Å². The second kappa shape index (κ2) is 7.33. The standard InChI is InChI=1S/C19H22F2N2O2/c1-12(2)15-7-4-10-23(15)18(24)9-8-17-22-11-16(25-17)19-13(20)5-3-6-14(19)21/h3,5-6,11-12,15H,4,7-10H2,1-2H3/t15-/m1/s1. The smallest absolute Gasteiger partial charge is 0.223 e. The van der Waals surface area contributed by atoms with Crippen molar-refractivity contribution in [1.82, 2.24) is 9.88 Å². The fourth-order valence-electron chi connectivity index (χ4n) is 3.43. The monoisotopic (exact) mass is 348 g/mol. The summed E-state index contributed by atoms with van der Waals surface area (Å²) in [5.74, 6) is -0.534. The molecule has 1 amide bonds. The number of hydrogen-bond donors (Lipinski definition) is 0. The van der Waals surface area contributed by atoms with Crippen molar-refractivity contribution < 1.29 is 18.0 Å². The lowest BCUT2D eigenvalue weighted by molar-refractivity contribution is -0.132. The second-order valence-corrected chi connectivity index (χ2v) is 6.76.